The number of hydrogen-bond donors (Lipinski definition) is 0. The monoisotopic (exact) mass is 425 g/mol. The summed E-state index contributed by atoms with van der Waals surface area (Å²) >= 11 is 1.82. The van der Waals surface area contributed by atoms with Crippen molar-refractivity contribution in [2.45, 2.75) is 32.7 Å². The highest BCUT2D eigenvalue weighted by Crippen LogP contribution is 2.37. The number of hydrogen-bond acceptors (Lipinski definition) is 4. The SMILES string of the molecule is CC(C)C(=O)N1CCCN(C(=O)CN2CCc3sccc3C2c2ccccc2)CC1. The first-order chi connectivity index (χ1) is 14.5. The minimum absolute atomic E-state index is 0.00652. The Morgan fingerprint density at radius 2 is 1.73 bits per heavy atom. The van der Waals surface area contributed by atoms with Crippen molar-refractivity contribution in [3.63, 3.8) is 0 Å². The maximum Gasteiger partial charge on any atom is 0.236 e. The lowest BCUT2D eigenvalue weighted by atomic mass is 9.93. The Morgan fingerprint density at radius 3 is 2.50 bits per heavy atom. The van der Waals surface area contributed by atoms with Crippen LogP contribution in [-0.2, 0) is 16.0 Å². The number of carbonyl (C=O) groups is 2. The van der Waals surface area contributed by atoms with Gasteiger partial charge in [-0.2, -0.15) is 0 Å². The van der Waals surface area contributed by atoms with Gasteiger partial charge in [-0.05, 0) is 35.4 Å². The van der Waals surface area contributed by atoms with Gasteiger partial charge in [0, 0.05) is 43.5 Å². The van der Waals surface area contributed by atoms with Crippen LogP contribution in [-0.4, -0.2) is 65.8 Å². The van der Waals surface area contributed by atoms with E-state index in [2.05, 4.69) is 40.6 Å². The van der Waals surface area contributed by atoms with Gasteiger partial charge in [0.25, 0.3) is 0 Å². The average Bonchev–Trinajstić information content (AvgIpc) is 3.09. The van der Waals surface area contributed by atoms with Gasteiger partial charge in [-0.25, -0.2) is 0 Å². The molecule has 160 valence electrons. The highest BCUT2D eigenvalue weighted by molar-refractivity contribution is 7.10. The van der Waals surface area contributed by atoms with Crippen LogP contribution in [0.1, 0.15) is 42.3 Å². The largest absolute Gasteiger partial charge is 0.341 e. The van der Waals surface area contributed by atoms with E-state index in [0.29, 0.717) is 19.6 Å². The zero-order valence-electron chi connectivity index (χ0n) is 17.9. The zero-order valence-corrected chi connectivity index (χ0v) is 18.7. The molecule has 0 saturated carbocycles. The van der Waals surface area contributed by atoms with E-state index in [1.807, 2.05) is 41.1 Å². The molecule has 1 aromatic carbocycles. The average molecular weight is 426 g/mol. The summed E-state index contributed by atoms with van der Waals surface area (Å²) in [6.07, 6.45) is 1.85. The van der Waals surface area contributed by atoms with E-state index in [-0.39, 0.29) is 23.8 Å². The number of amides is 2. The fourth-order valence-corrected chi connectivity index (χ4v) is 5.49. The third-order valence-corrected chi connectivity index (χ3v) is 7.17. The lowest BCUT2D eigenvalue weighted by molar-refractivity contribution is -0.136. The van der Waals surface area contributed by atoms with Crippen LogP contribution < -0.4 is 0 Å². The van der Waals surface area contributed by atoms with Gasteiger partial charge < -0.3 is 9.80 Å². The predicted molar refractivity (Wildman–Crippen MR) is 120 cm³/mol. The van der Waals surface area contributed by atoms with Gasteiger partial charge >= 0.3 is 0 Å². The van der Waals surface area contributed by atoms with Crippen LogP contribution in [0.4, 0.5) is 0 Å². The van der Waals surface area contributed by atoms with Crippen LogP contribution in [0.25, 0.3) is 0 Å². The van der Waals surface area contributed by atoms with Crippen LogP contribution in [0.2, 0.25) is 0 Å². The molecule has 5 nitrogen and oxygen atoms in total. The van der Waals surface area contributed by atoms with Crippen LogP contribution in [0, 0.1) is 5.92 Å². The molecule has 0 aliphatic carbocycles. The molecule has 0 N–H and O–H groups in total. The molecule has 1 atom stereocenters. The molecular formula is C24H31N3O2S. The van der Waals surface area contributed by atoms with E-state index in [9.17, 15) is 9.59 Å². The van der Waals surface area contributed by atoms with Crippen molar-refractivity contribution in [3.8, 4) is 0 Å². The normalized spacial score (nSPS) is 20.2. The number of fused-ring (bicyclic) bond motifs is 1. The summed E-state index contributed by atoms with van der Waals surface area (Å²) in [7, 11) is 0. The van der Waals surface area contributed by atoms with E-state index in [1.54, 1.807) is 0 Å². The number of rotatable bonds is 4. The topological polar surface area (TPSA) is 43.9 Å². The molecule has 0 spiro atoms. The van der Waals surface area contributed by atoms with Crippen LogP contribution in [0.3, 0.4) is 0 Å². The summed E-state index contributed by atoms with van der Waals surface area (Å²) in [4.78, 5) is 33.2. The number of thiophene rings is 1. The lowest BCUT2D eigenvalue weighted by Crippen LogP contribution is -2.45. The molecule has 4 rings (SSSR count). The second-order valence-electron chi connectivity index (χ2n) is 8.55. The minimum atomic E-state index is 0.00652. The van der Waals surface area contributed by atoms with Gasteiger partial charge in [-0.3, -0.25) is 14.5 Å². The standard InChI is InChI=1S/C24H31N3O2S/c1-18(2)24(29)26-12-6-11-25(14-15-26)22(28)17-27-13-9-21-20(10-16-30-21)23(27)19-7-4-3-5-8-19/h3-5,7-8,10,16,18,23H,6,9,11-15,17H2,1-2H3. The maximum absolute atomic E-state index is 13.2. The Balaban J connectivity index is 1.46. The summed E-state index contributed by atoms with van der Waals surface area (Å²) in [6, 6.07) is 12.9. The zero-order chi connectivity index (χ0) is 21.1. The van der Waals surface area contributed by atoms with Crippen molar-refractivity contribution >= 4 is 23.2 Å². The molecule has 1 fully saturated rings. The highest BCUT2D eigenvalue weighted by atomic mass is 32.1. The van der Waals surface area contributed by atoms with Crippen molar-refractivity contribution in [2.24, 2.45) is 5.92 Å². The predicted octanol–water partition coefficient (Wildman–Crippen LogP) is 3.41. The fraction of sp³-hybridized carbons (Fsp3) is 0.500. The Labute approximate surface area is 183 Å². The van der Waals surface area contributed by atoms with Crippen molar-refractivity contribution < 1.29 is 9.59 Å². The Morgan fingerprint density at radius 1 is 1.00 bits per heavy atom. The Bertz CT molecular complexity index is 880. The quantitative estimate of drug-likeness (QED) is 0.754. The van der Waals surface area contributed by atoms with Gasteiger partial charge in [0.2, 0.25) is 11.8 Å². The molecule has 2 aliphatic rings. The minimum Gasteiger partial charge on any atom is -0.341 e. The van der Waals surface area contributed by atoms with Crippen LogP contribution >= 0.6 is 11.3 Å². The van der Waals surface area contributed by atoms with Crippen LogP contribution in [0.15, 0.2) is 41.8 Å². The molecule has 1 aromatic heterocycles. The third-order valence-electron chi connectivity index (χ3n) is 6.17. The van der Waals surface area contributed by atoms with E-state index in [4.69, 9.17) is 0 Å². The first-order valence-electron chi connectivity index (χ1n) is 11.0. The molecular weight excluding hydrogens is 394 g/mol. The molecule has 2 amide bonds. The third kappa shape index (κ3) is 4.44. The van der Waals surface area contributed by atoms with Gasteiger partial charge in [0.15, 0.2) is 0 Å². The summed E-state index contributed by atoms with van der Waals surface area (Å²) in [5.41, 5.74) is 2.59. The lowest BCUT2D eigenvalue weighted by Gasteiger charge is -2.37. The fourth-order valence-electron chi connectivity index (χ4n) is 4.59. The molecule has 2 aliphatic heterocycles. The Kier molecular flexibility index (Phi) is 6.54. The number of benzene rings is 1. The highest BCUT2D eigenvalue weighted by Gasteiger charge is 2.32. The molecule has 2 aromatic rings. The van der Waals surface area contributed by atoms with E-state index >= 15 is 0 Å². The second-order valence-corrected chi connectivity index (χ2v) is 9.55. The van der Waals surface area contributed by atoms with E-state index in [0.717, 1.165) is 32.5 Å². The molecule has 0 bridgehead atoms. The number of nitrogens with zero attached hydrogens (tertiary/aromatic N) is 3. The van der Waals surface area contributed by atoms with Crippen molar-refractivity contribution in [1.82, 2.24) is 14.7 Å². The van der Waals surface area contributed by atoms with Gasteiger partial charge in [-0.15, -0.1) is 11.3 Å². The molecule has 30 heavy (non-hydrogen) atoms. The number of carbonyl (C=O) groups excluding carboxylic acids is 2. The van der Waals surface area contributed by atoms with Gasteiger partial charge in [-0.1, -0.05) is 44.2 Å². The molecule has 1 saturated heterocycles. The van der Waals surface area contributed by atoms with Crippen LogP contribution in [0.5, 0.6) is 0 Å². The van der Waals surface area contributed by atoms with Crippen molar-refractivity contribution in [1.29, 1.82) is 0 Å². The summed E-state index contributed by atoms with van der Waals surface area (Å²) in [5, 5.41) is 2.17. The molecule has 6 heteroatoms. The molecule has 3 heterocycles. The summed E-state index contributed by atoms with van der Waals surface area (Å²) in [6.45, 7) is 7.94. The molecule has 1 unspecified atom stereocenters. The maximum atomic E-state index is 13.2. The Hall–Kier alpha value is -2.18. The summed E-state index contributed by atoms with van der Waals surface area (Å²) < 4.78 is 0. The van der Waals surface area contributed by atoms with Crippen molar-refractivity contribution in [2.75, 3.05) is 39.3 Å². The first kappa shape index (κ1) is 21.1. The first-order valence-corrected chi connectivity index (χ1v) is 11.8. The van der Waals surface area contributed by atoms with Gasteiger partial charge in [0.1, 0.15) is 0 Å². The molecule has 0 radical (unpaired) electrons. The smallest absolute Gasteiger partial charge is 0.236 e. The summed E-state index contributed by atoms with van der Waals surface area (Å²) in [5.74, 6) is 0.370. The second kappa shape index (κ2) is 9.31. The van der Waals surface area contributed by atoms with Gasteiger partial charge in [0.05, 0.1) is 12.6 Å². The van der Waals surface area contributed by atoms with E-state index < -0.39 is 0 Å². The van der Waals surface area contributed by atoms with Crippen molar-refractivity contribution in [3.05, 3.63) is 57.8 Å². The van der Waals surface area contributed by atoms with E-state index in [1.165, 1.54) is 16.0 Å².